The molecule has 3 fully saturated rings. The van der Waals surface area contributed by atoms with E-state index in [2.05, 4.69) is 5.32 Å². The van der Waals surface area contributed by atoms with Gasteiger partial charge >= 0.3 is 5.97 Å². The Morgan fingerprint density at radius 1 is 1.11 bits per heavy atom. The summed E-state index contributed by atoms with van der Waals surface area (Å²) in [5.74, 6) is -2.04. The minimum atomic E-state index is -1.32. The Hall–Kier alpha value is -3.31. The van der Waals surface area contributed by atoms with Crippen molar-refractivity contribution in [3.63, 3.8) is 0 Å². The van der Waals surface area contributed by atoms with Gasteiger partial charge < -0.3 is 44.3 Å². The highest BCUT2D eigenvalue weighted by atomic mass is 16.7. The van der Waals surface area contributed by atoms with E-state index in [-0.39, 0.29) is 17.2 Å². The first kappa shape index (κ1) is 25.0. The topological polar surface area (TPSA) is 136 Å². The van der Waals surface area contributed by atoms with Gasteiger partial charge in [0, 0.05) is 37.7 Å². The van der Waals surface area contributed by atoms with Gasteiger partial charge in [-0.1, -0.05) is 12.1 Å². The third-order valence-corrected chi connectivity index (χ3v) is 8.91. The van der Waals surface area contributed by atoms with Gasteiger partial charge in [0.2, 0.25) is 5.79 Å². The van der Waals surface area contributed by atoms with Crippen LogP contribution in [0.25, 0.3) is 6.08 Å². The molecule has 2 aromatic carbocycles. The van der Waals surface area contributed by atoms with Crippen LogP contribution in [-0.4, -0.2) is 72.7 Å². The summed E-state index contributed by atoms with van der Waals surface area (Å²) in [6.45, 7) is 0.619. The number of phenolic OH excluding ortho intramolecular Hbond substituents is 3. The predicted molar refractivity (Wildman–Crippen MR) is 134 cm³/mol. The number of methoxy groups -OCH3 is 3. The molecule has 1 spiro atoms. The van der Waals surface area contributed by atoms with Crippen molar-refractivity contribution in [3.8, 4) is 23.0 Å². The SMILES string of the molecule is COc1ccc(C=CC(=O)OC2CC34CCNC35CC(OC5(OC)C2OC)c2ccc(O)c(O)c24)cc1O. The smallest absolute Gasteiger partial charge is 0.331 e. The number of rotatable bonds is 6. The van der Waals surface area contributed by atoms with E-state index in [1.54, 1.807) is 25.3 Å². The number of hydrogen-bond acceptors (Lipinski definition) is 10. The highest BCUT2D eigenvalue weighted by molar-refractivity contribution is 5.87. The molecule has 2 bridgehead atoms. The first-order chi connectivity index (χ1) is 18.3. The summed E-state index contributed by atoms with van der Waals surface area (Å²) in [5.41, 5.74) is 0.472. The number of fused-ring (bicyclic) bond motifs is 3. The largest absolute Gasteiger partial charge is 0.504 e. The number of benzene rings is 2. The molecule has 202 valence electrons. The van der Waals surface area contributed by atoms with Crippen LogP contribution in [0.5, 0.6) is 23.0 Å². The molecule has 2 aliphatic carbocycles. The first-order valence-electron chi connectivity index (χ1n) is 12.6. The van der Waals surface area contributed by atoms with Crippen molar-refractivity contribution in [1.82, 2.24) is 5.32 Å². The van der Waals surface area contributed by atoms with Crippen LogP contribution in [0.3, 0.4) is 0 Å². The van der Waals surface area contributed by atoms with Gasteiger partial charge in [0.1, 0.15) is 12.2 Å². The van der Waals surface area contributed by atoms with Crippen LogP contribution in [0, 0.1) is 0 Å². The molecular formula is C28H31NO9. The van der Waals surface area contributed by atoms with Crippen molar-refractivity contribution in [2.45, 2.75) is 54.3 Å². The number of carbonyl (C=O) groups excluding carboxylic acids is 1. The van der Waals surface area contributed by atoms with Crippen molar-refractivity contribution in [3.05, 3.63) is 53.1 Å². The molecule has 2 saturated heterocycles. The van der Waals surface area contributed by atoms with Crippen LogP contribution < -0.4 is 10.1 Å². The molecule has 6 rings (SSSR count). The average molecular weight is 526 g/mol. The zero-order chi connectivity index (χ0) is 26.9. The van der Waals surface area contributed by atoms with Gasteiger partial charge in [-0.05, 0) is 54.8 Å². The highest BCUT2D eigenvalue weighted by Crippen LogP contribution is 2.71. The molecule has 6 unspecified atom stereocenters. The summed E-state index contributed by atoms with van der Waals surface area (Å²) in [7, 11) is 4.54. The number of aromatic hydroxyl groups is 3. The van der Waals surface area contributed by atoms with Crippen molar-refractivity contribution in [2.75, 3.05) is 27.9 Å². The third-order valence-electron chi connectivity index (χ3n) is 8.91. The summed E-state index contributed by atoms with van der Waals surface area (Å²) >= 11 is 0. The monoisotopic (exact) mass is 525 g/mol. The van der Waals surface area contributed by atoms with E-state index in [9.17, 15) is 20.1 Å². The Balaban J connectivity index is 1.39. The van der Waals surface area contributed by atoms with Gasteiger partial charge in [-0.15, -0.1) is 0 Å². The minimum Gasteiger partial charge on any atom is -0.504 e. The Kier molecular flexibility index (Phi) is 5.66. The predicted octanol–water partition coefficient (Wildman–Crippen LogP) is 2.64. The summed E-state index contributed by atoms with van der Waals surface area (Å²) in [5, 5.41) is 35.2. The van der Waals surface area contributed by atoms with Gasteiger partial charge in [-0.25, -0.2) is 4.79 Å². The van der Waals surface area contributed by atoms with Crippen molar-refractivity contribution >= 4 is 12.0 Å². The quantitative estimate of drug-likeness (QED) is 0.253. The van der Waals surface area contributed by atoms with Crippen LogP contribution in [-0.2, 0) is 29.2 Å². The molecule has 0 aromatic heterocycles. The maximum atomic E-state index is 13.1. The van der Waals surface area contributed by atoms with E-state index in [1.165, 1.54) is 38.5 Å². The lowest BCUT2D eigenvalue weighted by molar-refractivity contribution is -0.328. The number of phenols is 3. The number of hydrogen-bond donors (Lipinski definition) is 4. The summed E-state index contributed by atoms with van der Waals surface area (Å²) in [6, 6.07) is 8.04. The number of ether oxygens (including phenoxy) is 5. The Labute approximate surface area is 219 Å². The highest BCUT2D eigenvalue weighted by Gasteiger charge is 2.81. The first-order valence-corrected chi connectivity index (χ1v) is 12.6. The Bertz CT molecular complexity index is 1330. The van der Waals surface area contributed by atoms with E-state index in [0.717, 1.165) is 5.56 Å². The molecule has 4 aliphatic rings. The lowest BCUT2D eigenvalue weighted by Crippen LogP contribution is -2.77. The number of nitrogens with one attached hydrogen (secondary N) is 1. The number of esters is 1. The molecule has 4 N–H and O–H groups in total. The second-order valence-electron chi connectivity index (χ2n) is 10.3. The normalized spacial score (nSPS) is 34.7. The molecule has 0 radical (unpaired) electrons. The van der Waals surface area contributed by atoms with Crippen molar-refractivity contribution < 1.29 is 43.8 Å². The minimum absolute atomic E-state index is 0.0446. The van der Waals surface area contributed by atoms with Gasteiger partial charge in [0.05, 0.1) is 18.8 Å². The third kappa shape index (κ3) is 3.05. The molecule has 2 aromatic rings. The van der Waals surface area contributed by atoms with E-state index in [4.69, 9.17) is 23.7 Å². The average Bonchev–Trinajstić information content (AvgIpc) is 3.45. The van der Waals surface area contributed by atoms with Crippen LogP contribution in [0.1, 0.15) is 42.1 Å². The molecule has 38 heavy (non-hydrogen) atoms. The van der Waals surface area contributed by atoms with Crippen LogP contribution in [0.4, 0.5) is 0 Å². The molecule has 2 aliphatic heterocycles. The fraction of sp³-hybridized carbons (Fsp3) is 0.464. The standard InChI is InChI=1S/C28H31NO9/c1-34-19-8-4-15(12-18(19)31)5-9-22(32)37-21-13-26-10-11-29-27(26)14-20(38-28(27,36-3)25(21)35-2)16-6-7-17(30)24(33)23(16)26/h4-9,12,20-21,25,29-31,33H,10-11,13-14H2,1-3H3. The lowest BCUT2D eigenvalue weighted by Gasteiger charge is -2.59. The summed E-state index contributed by atoms with van der Waals surface area (Å²) < 4.78 is 29.8. The van der Waals surface area contributed by atoms with Crippen molar-refractivity contribution in [2.24, 2.45) is 0 Å². The molecule has 6 atom stereocenters. The van der Waals surface area contributed by atoms with Crippen LogP contribution in [0.2, 0.25) is 0 Å². The van der Waals surface area contributed by atoms with Gasteiger partial charge in [-0.3, -0.25) is 0 Å². The van der Waals surface area contributed by atoms with E-state index >= 15 is 0 Å². The van der Waals surface area contributed by atoms with Gasteiger partial charge in [0.25, 0.3) is 0 Å². The maximum Gasteiger partial charge on any atom is 0.331 e. The second-order valence-corrected chi connectivity index (χ2v) is 10.3. The second kappa shape index (κ2) is 8.60. The fourth-order valence-corrected chi connectivity index (χ4v) is 7.54. The van der Waals surface area contributed by atoms with E-state index < -0.39 is 41.0 Å². The number of carbonyl (C=O) groups is 1. The molecule has 1 saturated carbocycles. The maximum absolute atomic E-state index is 13.1. The summed E-state index contributed by atoms with van der Waals surface area (Å²) in [6.07, 6.45) is 2.36. The lowest BCUT2D eigenvalue weighted by atomic mass is 9.50. The Morgan fingerprint density at radius 3 is 2.63 bits per heavy atom. The van der Waals surface area contributed by atoms with E-state index in [0.29, 0.717) is 42.7 Å². The van der Waals surface area contributed by atoms with Crippen LogP contribution in [0.15, 0.2) is 36.4 Å². The Morgan fingerprint density at radius 2 is 1.92 bits per heavy atom. The summed E-state index contributed by atoms with van der Waals surface area (Å²) in [4.78, 5) is 13.1. The molecular weight excluding hydrogens is 494 g/mol. The van der Waals surface area contributed by atoms with Crippen LogP contribution >= 0.6 is 0 Å². The molecule has 0 amide bonds. The fourth-order valence-electron chi connectivity index (χ4n) is 7.54. The molecule has 10 nitrogen and oxygen atoms in total. The van der Waals surface area contributed by atoms with Gasteiger partial charge in [0.15, 0.2) is 23.0 Å². The van der Waals surface area contributed by atoms with Crippen molar-refractivity contribution in [1.29, 1.82) is 0 Å². The van der Waals surface area contributed by atoms with Gasteiger partial charge in [-0.2, -0.15) is 0 Å². The molecule has 10 heteroatoms. The van der Waals surface area contributed by atoms with E-state index in [1.807, 2.05) is 0 Å². The zero-order valence-corrected chi connectivity index (χ0v) is 21.4. The zero-order valence-electron chi connectivity index (χ0n) is 21.4. The molecule has 2 heterocycles.